The van der Waals surface area contributed by atoms with Crippen LogP contribution in [-0.4, -0.2) is 17.7 Å². The van der Waals surface area contributed by atoms with Crippen LogP contribution in [0.15, 0.2) is 18.2 Å². The SMILES string of the molecule is CC1CCC(C)N(c2cc(Cl)ccc2CO)C1. The van der Waals surface area contributed by atoms with Gasteiger partial charge in [-0.25, -0.2) is 0 Å². The number of anilines is 1. The largest absolute Gasteiger partial charge is 0.392 e. The van der Waals surface area contributed by atoms with Gasteiger partial charge in [-0.1, -0.05) is 24.6 Å². The molecule has 1 aromatic rings. The van der Waals surface area contributed by atoms with Crippen LogP contribution in [0.3, 0.4) is 0 Å². The van der Waals surface area contributed by atoms with Gasteiger partial charge < -0.3 is 10.0 Å². The van der Waals surface area contributed by atoms with Crippen molar-refractivity contribution in [3.8, 4) is 0 Å². The first-order valence-electron chi connectivity index (χ1n) is 6.27. The molecule has 1 aliphatic rings. The van der Waals surface area contributed by atoms with Crippen molar-refractivity contribution in [3.05, 3.63) is 28.8 Å². The Labute approximate surface area is 108 Å². The smallest absolute Gasteiger partial charge is 0.0702 e. The van der Waals surface area contributed by atoms with Crippen molar-refractivity contribution in [2.75, 3.05) is 11.4 Å². The number of hydrogen-bond acceptors (Lipinski definition) is 2. The summed E-state index contributed by atoms with van der Waals surface area (Å²) < 4.78 is 0. The van der Waals surface area contributed by atoms with Crippen LogP contribution in [0.5, 0.6) is 0 Å². The Hall–Kier alpha value is -0.730. The lowest BCUT2D eigenvalue weighted by Gasteiger charge is -2.39. The van der Waals surface area contributed by atoms with Crippen LogP contribution in [0.1, 0.15) is 32.3 Å². The molecule has 0 radical (unpaired) electrons. The maximum Gasteiger partial charge on any atom is 0.0702 e. The van der Waals surface area contributed by atoms with Crippen LogP contribution >= 0.6 is 11.6 Å². The molecule has 0 spiro atoms. The molecule has 94 valence electrons. The number of piperidine rings is 1. The van der Waals surface area contributed by atoms with Gasteiger partial charge in [0.1, 0.15) is 0 Å². The highest BCUT2D eigenvalue weighted by molar-refractivity contribution is 6.30. The van der Waals surface area contributed by atoms with E-state index >= 15 is 0 Å². The zero-order chi connectivity index (χ0) is 12.4. The first-order valence-corrected chi connectivity index (χ1v) is 6.65. The van der Waals surface area contributed by atoms with Gasteiger partial charge in [-0.15, -0.1) is 0 Å². The van der Waals surface area contributed by atoms with Gasteiger partial charge in [-0.2, -0.15) is 0 Å². The maximum atomic E-state index is 9.42. The second-order valence-electron chi connectivity index (χ2n) is 5.12. The predicted octanol–water partition coefficient (Wildman–Crippen LogP) is 3.46. The predicted molar refractivity (Wildman–Crippen MR) is 72.6 cm³/mol. The summed E-state index contributed by atoms with van der Waals surface area (Å²) in [7, 11) is 0. The molecule has 2 atom stereocenters. The van der Waals surface area contributed by atoms with Gasteiger partial charge in [0.25, 0.3) is 0 Å². The minimum atomic E-state index is 0.0735. The molecule has 3 heteroatoms. The Kier molecular flexibility index (Phi) is 3.95. The lowest BCUT2D eigenvalue weighted by Crippen LogP contribution is -2.41. The van der Waals surface area contributed by atoms with E-state index in [0.717, 1.165) is 22.8 Å². The first-order chi connectivity index (χ1) is 8.11. The molecule has 1 fully saturated rings. The third-order valence-electron chi connectivity index (χ3n) is 3.64. The Morgan fingerprint density at radius 1 is 1.35 bits per heavy atom. The average molecular weight is 254 g/mol. The summed E-state index contributed by atoms with van der Waals surface area (Å²) in [6.45, 7) is 5.65. The van der Waals surface area contributed by atoms with Gasteiger partial charge in [-0.05, 0) is 37.8 Å². The molecule has 1 aliphatic heterocycles. The van der Waals surface area contributed by atoms with Crippen LogP contribution in [0.25, 0.3) is 0 Å². The van der Waals surface area contributed by atoms with E-state index in [-0.39, 0.29) is 6.61 Å². The molecule has 1 heterocycles. The van der Waals surface area contributed by atoms with Gasteiger partial charge in [0.05, 0.1) is 6.61 Å². The summed E-state index contributed by atoms with van der Waals surface area (Å²) in [6, 6.07) is 6.26. The Balaban J connectivity index is 2.33. The molecule has 2 rings (SSSR count). The molecule has 0 aromatic heterocycles. The summed E-state index contributed by atoms with van der Waals surface area (Å²) in [5, 5.41) is 10.2. The number of halogens is 1. The zero-order valence-corrected chi connectivity index (χ0v) is 11.2. The van der Waals surface area contributed by atoms with E-state index in [4.69, 9.17) is 11.6 Å². The van der Waals surface area contributed by atoms with E-state index in [1.165, 1.54) is 12.8 Å². The van der Waals surface area contributed by atoms with Crippen molar-refractivity contribution in [2.45, 2.75) is 39.3 Å². The minimum absolute atomic E-state index is 0.0735. The van der Waals surface area contributed by atoms with E-state index in [1.807, 2.05) is 18.2 Å². The third kappa shape index (κ3) is 2.75. The number of hydrogen-bond donors (Lipinski definition) is 1. The average Bonchev–Trinajstić information content (AvgIpc) is 2.32. The lowest BCUT2D eigenvalue weighted by molar-refractivity contribution is 0.281. The van der Waals surface area contributed by atoms with Crippen molar-refractivity contribution in [1.82, 2.24) is 0 Å². The molecule has 2 nitrogen and oxygen atoms in total. The fraction of sp³-hybridized carbons (Fsp3) is 0.571. The topological polar surface area (TPSA) is 23.5 Å². The number of rotatable bonds is 2. The third-order valence-corrected chi connectivity index (χ3v) is 3.88. The Bertz CT molecular complexity index is 394. The van der Waals surface area contributed by atoms with Crippen LogP contribution in [0.4, 0.5) is 5.69 Å². The molecule has 0 amide bonds. The van der Waals surface area contributed by atoms with Gasteiger partial charge in [-0.3, -0.25) is 0 Å². The lowest BCUT2D eigenvalue weighted by atomic mass is 9.94. The fourth-order valence-corrected chi connectivity index (χ4v) is 2.73. The van der Waals surface area contributed by atoms with E-state index in [9.17, 15) is 5.11 Å². The van der Waals surface area contributed by atoms with Gasteiger partial charge in [0, 0.05) is 28.9 Å². The molecular weight excluding hydrogens is 234 g/mol. The molecule has 0 aliphatic carbocycles. The van der Waals surface area contributed by atoms with Crippen molar-refractivity contribution < 1.29 is 5.11 Å². The molecular formula is C14H20ClNO. The summed E-state index contributed by atoms with van der Waals surface area (Å²) in [6.07, 6.45) is 2.49. The van der Waals surface area contributed by atoms with Gasteiger partial charge in [0.2, 0.25) is 0 Å². The molecule has 1 saturated heterocycles. The van der Waals surface area contributed by atoms with Crippen LogP contribution in [-0.2, 0) is 6.61 Å². The van der Waals surface area contributed by atoms with Crippen molar-refractivity contribution in [2.24, 2.45) is 5.92 Å². The van der Waals surface area contributed by atoms with Gasteiger partial charge >= 0.3 is 0 Å². The molecule has 17 heavy (non-hydrogen) atoms. The number of aliphatic hydroxyl groups is 1. The van der Waals surface area contributed by atoms with Crippen molar-refractivity contribution >= 4 is 17.3 Å². The van der Waals surface area contributed by atoms with E-state index in [0.29, 0.717) is 12.0 Å². The molecule has 1 aromatic carbocycles. The van der Waals surface area contributed by atoms with Gasteiger partial charge in [0.15, 0.2) is 0 Å². The highest BCUT2D eigenvalue weighted by atomic mass is 35.5. The standard InChI is InChI=1S/C14H20ClNO/c1-10-3-4-11(2)16(8-10)14-7-13(15)6-5-12(14)9-17/h5-7,10-11,17H,3-4,8-9H2,1-2H3. The maximum absolute atomic E-state index is 9.42. The van der Waals surface area contributed by atoms with E-state index < -0.39 is 0 Å². The van der Waals surface area contributed by atoms with Crippen molar-refractivity contribution in [1.29, 1.82) is 0 Å². The minimum Gasteiger partial charge on any atom is -0.392 e. The van der Waals surface area contributed by atoms with E-state index in [1.54, 1.807) is 0 Å². The number of aliphatic hydroxyl groups excluding tert-OH is 1. The second kappa shape index (κ2) is 5.28. The van der Waals surface area contributed by atoms with Crippen molar-refractivity contribution in [3.63, 3.8) is 0 Å². The molecule has 2 unspecified atom stereocenters. The zero-order valence-electron chi connectivity index (χ0n) is 10.5. The first kappa shape index (κ1) is 12.7. The number of benzene rings is 1. The highest BCUT2D eigenvalue weighted by Gasteiger charge is 2.24. The van der Waals surface area contributed by atoms with Crippen LogP contribution in [0, 0.1) is 5.92 Å². The van der Waals surface area contributed by atoms with Crippen LogP contribution in [0.2, 0.25) is 5.02 Å². The Morgan fingerprint density at radius 3 is 2.82 bits per heavy atom. The number of nitrogens with zero attached hydrogens (tertiary/aromatic N) is 1. The summed E-state index contributed by atoms with van der Waals surface area (Å²) >= 11 is 6.07. The summed E-state index contributed by atoms with van der Waals surface area (Å²) in [5.41, 5.74) is 2.06. The van der Waals surface area contributed by atoms with E-state index in [2.05, 4.69) is 18.7 Å². The molecule has 1 N–H and O–H groups in total. The molecule has 0 bridgehead atoms. The fourth-order valence-electron chi connectivity index (χ4n) is 2.56. The highest BCUT2D eigenvalue weighted by Crippen LogP contribution is 2.32. The summed E-state index contributed by atoms with van der Waals surface area (Å²) in [4.78, 5) is 2.38. The second-order valence-corrected chi connectivity index (χ2v) is 5.55. The quantitative estimate of drug-likeness (QED) is 0.873. The molecule has 0 saturated carbocycles. The normalized spacial score (nSPS) is 25.1. The summed E-state index contributed by atoms with van der Waals surface area (Å²) in [5.74, 6) is 0.705. The Morgan fingerprint density at radius 2 is 2.12 bits per heavy atom. The van der Waals surface area contributed by atoms with Crippen LogP contribution < -0.4 is 4.90 Å². The monoisotopic (exact) mass is 253 g/mol.